The van der Waals surface area contributed by atoms with Gasteiger partial charge in [-0.25, -0.2) is 0 Å². The van der Waals surface area contributed by atoms with Crippen LogP contribution >= 0.6 is 0 Å². The van der Waals surface area contributed by atoms with Crippen molar-refractivity contribution in [3.8, 4) is 0 Å². The van der Waals surface area contributed by atoms with Gasteiger partial charge in [0.25, 0.3) is 0 Å². The van der Waals surface area contributed by atoms with Gasteiger partial charge in [0, 0.05) is 19.3 Å². The monoisotopic (exact) mass is 1140 g/mol. The van der Waals surface area contributed by atoms with Crippen LogP contribution < -0.4 is 0 Å². The first-order valence-corrected chi connectivity index (χ1v) is 36.5. The molecule has 0 aromatic rings. The molecule has 0 amide bonds. The van der Waals surface area contributed by atoms with Crippen molar-refractivity contribution in [2.75, 3.05) is 13.2 Å². The van der Waals surface area contributed by atoms with Crippen LogP contribution in [0.4, 0.5) is 0 Å². The third-order valence-corrected chi connectivity index (χ3v) is 16.6. The minimum Gasteiger partial charge on any atom is -0.462 e. The van der Waals surface area contributed by atoms with Gasteiger partial charge in [-0.2, -0.15) is 0 Å². The molecule has 0 aromatic carbocycles. The number of hydrogen-bond donors (Lipinski definition) is 0. The Hall–Kier alpha value is -2.37. The molecule has 0 aliphatic rings. The van der Waals surface area contributed by atoms with E-state index in [1.807, 2.05) is 0 Å². The second-order valence-corrected chi connectivity index (χ2v) is 24.9. The molecule has 6 heteroatoms. The summed E-state index contributed by atoms with van der Waals surface area (Å²) in [5.74, 6) is -0.840. The molecule has 0 heterocycles. The van der Waals surface area contributed by atoms with Gasteiger partial charge in [0.05, 0.1) is 0 Å². The Labute approximate surface area is 506 Å². The topological polar surface area (TPSA) is 78.9 Å². The van der Waals surface area contributed by atoms with E-state index in [0.29, 0.717) is 19.3 Å². The number of carbonyl (C=O) groups excluding carboxylic acids is 3. The maximum Gasteiger partial charge on any atom is 0.306 e. The maximum absolute atomic E-state index is 13.0. The largest absolute Gasteiger partial charge is 0.462 e. The molecule has 0 aromatic heterocycles. The Bertz CT molecular complexity index is 1350. The molecule has 0 aliphatic heterocycles. The first-order chi connectivity index (χ1) is 40.0. The van der Waals surface area contributed by atoms with Gasteiger partial charge in [-0.05, 0) is 77.0 Å². The van der Waals surface area contributed by atoms with Crippen LogP contribution in [0, 0.1) is 0 Å². The summed E-state index contributed by atoms with van der Waals surface area (Å²) >= 11 is 0. The highest BCUT2D eigenvalue weighted by Gasteiger charge is 2.19. The molecule has 0 fully saturated rings. The van der Waals surface area contributed by atoms with Crippen molar-refractivity contribution in [1.29, 1.82) is 0 Å². The van der Waals surface area contributed by atoms with E-state index in [1.54, 1.807) is 0 Å². The number of unbranched alkanes of at least 4 members (excludes halogenated alkanes) is 51. The lowest BCUT2D eigenvalue weighted by molar-refractivity contribution is -0.167. The van der Waals surface area contributed by atoms with E-state index in [9.17, 15) is 14.4 Å². The normalized spacial score (nSPS) is 12.2. The molecule has 0 N–H and O–H groups in total. The molecule has 1 atom stereocenters. The smallest absolute Gasteiger partial charge is 0.306 e. The van der Waals surface area contributed by atoms with Gasteiger partial charge >= 0.3 is 17.9 Å². The van der Waals surface area contributed by atoms with E-state index >= 15 is 0 Å². The van der Waals surface area contributed by atoms with Crippen molar-refractivity contribution in [3.63, 3.8) is 0 Å². The third-order valence-electron chi connectivity index (χ3n) is 16.6. The Morgan fingerprint density at radius 3 is 0.691 bits per heavy atom. The summed E-state index contributed by atoms with van der Waals surface area (Å²) in [5.41, 5.74) is 0. The summed E-state index contributed by atoms with van der Waals surface area (Å²) in [5, 5.41) is 0. The van der Waals surface area contributed by atoms with Gasteiger partial charge < -0.3 is 14.2 Å². The lowest BCUT2D eigenvalue weighted by Gasteiger charge is -2.18. The molecular formula is C75H140O6. The van der Waals surface area contributed by atoms with Crippen LogP contribution in [-0.2, 0) is 28.6 Å². The molecule has 0 rings (SSSR count). The highest BCUT2D eigenvalue weighted by Crippen LogP contribution is 2.19. The predicted molar refractivity (Wildman–Crippen MR) is 353 cm³/mol. The van der Waals surface area contributed by atoms with Gasteiger partial charge in [0.2, 0.25) is 0 Å². The van der Waals surface area contributed by atoms with Crippen molar-refractivity contribution in [3.05, 3.63) is 36.5 Å². The summed E-state index contributed by atoms with van der Waals surface area (Å²) in [4.78, 5) is 38.5. The molecule has 1 unspecified atom stereocenters. The standard InChI is InChI=1S/C75H140O6/c1-4-7-10-13-16-19-22-25-28-31-33-34-35-36-37-38-39-40-42-44-47-50-53-56-59-62-65-68-74(77)80-71-72(70-79-73(76)67-64-61-58-55-52-49-46-43-30-27-24-21-18-15-12-9-6-3)81-75(78)69-66-63-60-57-54-51-48-45-41-32-29-26-23-20-17-14-11-8-5-2/h22,25,27,30-31,33,72H,4-21,23-24,26,28-29,32,34-71H2,1-3H3/b25-22-,30-27-,33-31-. The second kappa shape index (κ2) is 70.1. The summed E-state index contributed by atoms with van der Waals surface area (Å²) < 4.78 is 17.0. The van der Waals surface area contributed by atoms with Crippen LogP contribution in [-0.4, -0.2) is 37.2 Å². The van der Waals surface area contributed by atoms with E-state index < -0.39 is 6.10 Å². The molecule has 0 radical (unpaired) electrons. The molecule has 476 valence electrons. The molecule has 0 spiro atoms. The Morgan fingerprint density at radius 2 is 0.444 bits per heavy atom. The number of esters is 3. The molecule has 6 nitrogen and oxygen atoms in total. The third kappa shape index (κ3) is 68.3. The van der Waals surface area contributed by atoms with E-state index in [-0.39, 0.29) is 31.1 Å². The van der Waals surface area contributed by atoms with Crippen LogP contribution in [0.15, 0.2) is 36.5 Å². The fourth-order valence-electron chi connectivity index (χ4n) is 11.1. The van der Waals surface area contributed by atoms with E-state index in [0.717, 1.165) is 64.2 Å². The molecule has 0 aliphatic carbocycles. The zero-order valence-corrected chi connectivity index (χ0v) is 54.8. The van der Waals surface area contributed by atoms with Crippen molar-refractivity contribution in [1.82, 2.24) is 0 Å². The Morgan fingerprint density at radius 1 is 0.247 bits per heavy atom. The SMILES string of the molecule is CCCCCCC/C=C\C/C=C\CCCCCCCCCCCCCCCCCC(=O)OCC(COC(=O)CCCCCCCCC/C=C\CCCCCCCC)OC(=O)CCCCCCCCCCCCCCCCCCCCC. The highest BCUT2D eigenvalue weighted by atomic mass is 16.6. The minimum absolute atomic E-state index is 0.0679. The molecular weight excluding hydrogens is 997 g/mol. The number of allylic oxidation sites excluding steroid dienone is 6. The van der Waals surface area contributed by atoms with Crippen LogP contribution in [0.1, 0.15) is 406 Å². The fraction of sp³-hybridized carbons (Fsp3) is 0.880. The average Bonchev–Trinajstić information content (AvgIpc) is 3.47. The number of carbonyl (C=O) groups is 3. The molecule has 81 heavy (non-hydrogen) atoms. The molecule has 0 bridgehead atoms. The zero-order valence-electron chi connectivity index (χ0n) is 54.8. The molecule has 0 saturated heterocycles. The van der Waals surface area contributed by atoms with Crippen molar-refractivity contribution >= 4 is 17.9 Å². The second-order valence-electron chi connectivity index (χ2n) is 24.9. The Balaban J connectivity index is 4.26. The van der Waals surface area contributed by atoms with E-state index in [2.05, 4.69) is 57.2 Å². The van der Waals surface area contributed by atoms with Crippen LogP contribution in [0.2, 0.25) is 0 Å². The maximum atomic E-state index is 13.0. The van der Waals surface area contributed by atoms with Crippen LogP contribution in [0.25, 0.3) is 0 Å². The average molecular weight is 1140 g/mol. The van der Waals surface area contributed by atoms with Crippen molar-refractivity contribution < 1.29 is 28.6 Å². The highest BCUT2D eigenvalue weighted by molar-refractivity contribution is 5.71. The molecule has 0 saturated carbocycles. The van der Waals surface area contributed by atoms with Crippen molar-refractivity contribution in [2.45, 2.75) is 412 Å². The fourth-order valence-corrected chi connectivity index (χ4v) is 11.1. The van der Waals surface area contributed by atoms with E-state index in [4.69, 9.17) is 14.2 Å². The number of hydrogen-bond acceptors (Lipinski definition) is 6. The summed E-state index contributed by atoms with van der Waals surface area (Å²) in [7, 11) is 0. The number of rotatable bonds is 68. The van der Waals surface area contributed by atoms with E-state index in [1.165, 1.54) is 302 Å². The minimum atomic E-state index is -0.772. The first kappa shape index (κ1) is 78.6. The lowest BCUT2D eigenvalue weighted by atomic mass is 10.0. The summed E-state index contributed by atoms with van der Waals surface area (Å²) in [6.07, 6.45) is 87.4. The first-order valence-electron chi connectivity index (χ1n) is 36.5. The van der Waals surface area contributed by atoms with Gasteiger partial charge in [-0.1, -0.05) is 346 Å². The van der Waals surface area contributed by atoms with Gasteiger partial charge in [-0.15, -0.1) is 0 Å². The summed E-state index contributed by atoms with van der Waals surface area (Å²) in [6.45, 7) is 6.71. The lowest BCUT2D eigenvalue weighted by Crippen LogP contribution is -2.30. The van der Waals surface area contributed by atoms with Crippen molar-refractivity contribution in [2.24, 2.45) is 0 Å². The predicted octanol–water partition coefficient (Wildman–Crippen LogP) is 25.1. The Kier molecular flexibility index (Phi) is 68.1. The quantitative estimate of drug-likeness (QED) is 0.0261. The van der Waals surface area contributed by atoms with Gasteiger partial charge in [-0.3, -0.25) is 14.4 Å². The van der Waals surface area contributed by atoms with Crippen LogP contribution in [0.5, 0.6) is 0 Å². The van der Waals surface area contributed by atoms with Gasteiger partial charge in [0.15, 0.2) is 6.10 Å². The summed E-state index contributed by atoms with van der Waals surface area (Å²) in [6, 6.07) is 0. The number of ether oxygens (including phenoxy) is 3. The van der Waals surface area contributed by atoms with Crippen LogP contribution in [0.3, 0.4) is 0 Å². The van der Waals surface area contributed by atoms with Gasteiger partial charge in [0.1, 0.15) is 13.2 Å². The zero-order chi connectivity index (χ0) is 58.5.